The van der Waals surface area contributed by atoms with Crippen LogP contribution in [0.4, 0.5) is 0 Å². The van der Waals surface area contributed by atoms with Crippen molar-refractivity contribution in [3.05, 3.63) is 65.7 Å². The van der Waals surface area contributed by atoms with Crippen LogP contribution < -0.4 is 10.1 Å². The van der Waals surface area contributed by atoms with Crippen LogP contribution >= 0.6 is 0 Å². The predicted molar refractivity (Wildman–Crippen MR) is 86.7 cm³/mol. The van der Waals surface area contributed by atoms with E-state index >= 15 is 0 Å². The Morgan fingerprint density at radius 1 is 1.00 bits per heavy atom. The molecule has 0 aromatic heterocycles. The van der Waals surface area contributed by atoms with Crippen LogP contribution in [-0.2, 0) is 0 Å². The summed E-state index contributed by atoms with van der Waals surface area (Å²) < 4.78 is 5.21. The van der Waals surface area contributed by atoms with Gasteiger partial charge < -0.3 is 10.1 Å². The lowest BCUT2D eigenvalue weighted by molar-refractivity contribution is 0.271. The summed E-state index contributed by atoms with van der Waals surface area (Å²) in [5.74, 6) is 1.63. The topological polar surface area (TPSA) is 21.3 Å². The largest absolute Gasteiger partial charge is 0.497 e. The van der Waals surface area contributed by atoms with Crippen LogP contribution in [0, 0.1) is 0 Å². The summed E-state index contributed by atoms with van der Waals surface area (Å²) in [4.78, 5) is 0. The maximum Gasteiger partial charge on any atom is 0.118 e. The van der Waals surface area contributed by atoms with Gasteiger partial charge in [-0.2, -0.15) is 0 Å². The van der Waals surface area contributed by atoms with Gasteiger partial charge in [0.2, 0.25) is 0 Å². The third-order valence-corrected chi connectivity index (χ3v) is 4.51. The third-order valence-electron chi connectivity index (χ3n) is 4.51. The highest BCUT2D eigenvalue weighted by Gasteiger charge is 2.31. The van der Waals surface area contributed by atoms with Crippen molar-refractivity contribution in [2.75, 3.05) is 7.11 Å². The lowest BCUT2D eigenvalue weighted by Gasteiger charge is -2.38. The van der Waals surface area contributed by atoms with Crippen LogP contribution in [-0.4, -0.2) is 13.2 Å². The Balaban J connectivity index is 1.51. The summed E-state index contributed by atoms with van der Waals surface area (Å²) in [5, 5.41) is 3.73. The summed E-state index contributed by atoms with van der Waals surface area (Å²) in [6.45, 7) is 2.25. The molecule has 2 aromatic carbocycles. The van der Waals surface area contributed by atoms with E-state index in [1.807, 2.05) is 0 Å². The van der Waals surface area contributed by atoms with Gasteiger partial charge in [0.15, 0.2) is 0 Å². The van der Waals surface area contributed by atoms with Crippen LogP contribution in [0.15, 0.2) is 54.6 Å². The summed E-state index contributed by atoms with van der Waals surface area (Å²) in [6.07, 6.45) is 2.45. The molecule has 0 amide bonds. The van der Waals surface area contributed by atoms with Gasteiger partial charge in [0.25, 0.3) is 0 Å². The quantitative estimate of drug-likeness (QED) is 0.882. The van der Waals surface area contributed by atoms with Crippen molar-refractivity contribution in [1.82, 2.24) is 5.32 Å². The summed E-state index contributed by atoms with van der Waals surface area (Å²) in [5.41, 5.74) is 2.80. The smallest absolute Gasteiger partial charge is 0.118 e. The summed E-state index contributed by atoms with van der Waals surface area (Å²) >= 11 is 0. The van der Waals surface area contributed by atoms with Crippen molar-refractivity contribution < 1.29 is 4.74 Å². The number of methoxy groups -OCH3 is 1. The second-order valence-electron chi connectivity index (χ2n) is 5.94. The van der Waals surface area contributed by atoms with E-state index in [9.17, 15) is 0 Å². The van der Waals surface area contributed by atoms with Crippen molar-refractivity contribution in [1.29, 1.82) is 0 Å². The minimum atomic E-state index is 0.424. The minimum absolute atomic E-state index is 0.424. The molecular formula is C19H23NO. The monoisotopic (exact) mass is 281 g/mol. The normalized spacial score (nSPS) is 22.4. The first-order valence-electron chi connectivity index (χ1n) is 7.71. The first-order chi connectivity index (χ1) is 10.3. The molecule has 2 heteroatoms. The lowest BCUT2D eigenvalue weighted by atomic mass is 9.75. The molecule has 0 aliphatic heterocycles. The van der Waals surface area contributed by atoms with Crippen molar-refractivity contribution in [3.63, 3.8) is 0 Å². The van der Waals surface area contributed by atoms with E-state index in [-0.39, 0.29) is 0 Å². The van der Waals surface area contributed by atoms with Crippen molar-refractivity contribution >= 4 is 0 Å². The molecular weight excluding hydrogens is 258 g/mol. The first-order valence-corrected chi connectivity index (χ1v) is 7.71. The number of hydrogen-bond acceptors (Lipinski definition) is 2. The third kappa shape index (κ3) is 3.27. The molecule has 3 rings (SSSR count). The molecule has 2 nitrogen and oxygen atoms in total. The maximum absolute atomic E-state index is 5.21. The molecule has 0 saturated heterocycles. The molecule has 21 heavy (non-hydrogen) atoms. The molecule has 1 aliphatic carbocycles. The highest BCUT2D eigenvalue weighted by atomic mass is 16.5. The Hall–Kier alpha value is -1.80. The van der Waals surface area contributed by atoms with Gasteiger partial charge in [-0.15, -0.1) is 0 Å². The van der Waals surface area contributed by atoms with Crippen LogP contribution in [0.25, 0.3) is 0 Å². The van der Waals surface area contributed by atoms with Crippen LogP contribution in [0.5, 0.6) is 5.75 Å². The Labute approximate surface area is 127 Å². The van der Waals surface area contributed by atoms with Gasteiger partial charge in [-0.25, -0.2) is 0 Å². The second kappa shape index (κ2) is 6.31. The van der Waals surface area contributed by atoms with E-state index in [0.717, 1.165) is 5.75 Å². The SMILES string of the molecule is COc1ccc(C2CC(N[C@H](C)c3ccccc3)C2)cc1. The van der Waals surface area contributed by atoms with Gasteiger partial charge in [-0.3, -0.25) is 0 Å². The zero-order valence-electron chi connectivity index (χ0n) is 12.8. The molecule has 1 atom stereocenters. The van der Waals surface area contributed by atoms with Gasteiger partial charge in [0, 0.05) is 12.1 Å². The molecule has 0 unspecified atom stereocenters. The summed E-state index contributed by atoms with van der Waals surface area (Å²) in [6, 6.07) is 20.2. The molecule has 0 bridgehead atoms. The van der Waals surface area contributed by atoms with E-state index in [1.165, 1.54) is 24.0 Å². The number of nitrogens with one attached hydrogen (secondary N) is 1. The molecule has 2 aromatic rings. The predicted octanol–water partition coefficient (Wildman–Crippen LogP) is 4.29. The van der Waals surface area contributed by atoms with E-state index < -0.39 is 0 Å². The Morgan fingerprint density at radius 3 is 2.29 bits per heavy atom. The molecule has 0 heterocycles. The van der Waals surface area contributed by atoms with Gasteiger partial charge in [-0.05, 0) is 48.9 Å². The van der Waals surface area contributed by atoms with Gasteiger partial charge >= 0.3 is 0 Å². The van der Waals surface area contributed by atoms with Gasteiger partial charge in [0.05, 0.1) is 7.11 Å². The minimum Gasteiger partial charge on any atom is -0.497 e. The standard InChI is InChI=1S/C19H23NO/c1-14(15-6-4-3-5-7-15)20-18-12-17(13-18)16-8-10-19(21-2)11-9-16/h3-11,14,17-18,20H,12-13H2,1-2H3/t14-,17?,18?/m1/s1. The van der Waals surface area contributed by atoms with E-state index in [2.05, 4.69) is 66.8 Å². The second-order valence-corrected chi connectivity index (χ2v) is 5.94. The molecule has 1 N–H and O–H groups in total. The Morgan fingerprint density at radius 2 is 1.67 bits per heavy atom. The van der Waals surface area contributed by atoms with Crippen molar-refractivity contribution in [2.45, 2.75) is 37.8 Å². The molecule has 1 aliphatic rings. The molecule has 0 radical (unpaired) electrons. The molecule has 110 valence electrons. The van der Waals surface area contributed by atoms with Crippen LogP contribution in [0.1, 0.15) is 42.9 Å². The number of rotatable bonds is 5. The first kappa shape index (κ1) is 14.2. The van der Waals surface area contributed by atoms with E-state index in [1.54, 1.807) is 7.11 Å². The van der Waals surface area contributed by atoms with Crippen molar-refractivity contribution in [3.8, 4) is 5.75 Å². The molecule has 1 saturated carbocycles. The van der Waals surface area contributed by atoms with E-state index in [0.29, 0.717) is 18.0 Å². The maximum atomic E-state index is 5.21. The fraction of sp³-hybridized carbons (Fsp3) is 0.368. The molecule has 0 spiro atoms. The summed E-state index contributed by atoms with van der Waals surface area (Å²) in [7, 11) is 1.71. The molecule has 1 fully saturated rings. The highest BCUT2D eigenvalue weighted by Crippen LogP contribution is 2.38. The Bertz CT molecular complexity index is 558. The average Bonchev–Trinajstić information content (AvgIpc) is 2.51. The zero-order valence-corrected chi connectivity index (χ0v) is 12.8. The van der Waals surface area contributed by atoms with E-state index in [4.69, 9.17) is 4.74 Å². The Kier molecular flexibility index (Phi) is 4.26. The average molecular weight is 281 g/mol. The van der Waals surface area contributed by atoms with Crippen LogP contribution in [0.2, 0.25) is 0 Å². The van der Waals surface area contributed by atoms with Crippen molar-refractivity contribution in [2.24, 2.45) is 0 Å². The highest BCUT2D eigenvalue weighted by molar-refractivity contribution is 5.31. The fourth-order valence-corrected chi connectivity index (χ4v) is 3.09. The number of benzene rings is 2. The van der Waals surface area contributed by atoms with Crippen LogP contribution in [0.3, 0.4) is 0 Å². The fourth-order valence-electron chi connectivity index (χ4n) is 3.09. The van der Waals surface area contributed by atoms with Gasteiger partial charge in [-0.1, -0.05) is 42.5 Å². The zero-order chi connectivity index (χ0) is 14.7. The number of ether oxygens (including phenoxy) is 1. The number of hydrogen-bond donors (Lipinski definition) is 1. The van der Waals surface area contributed by atoms with Gasteiger partial charge in [0.1, 0.15) is 5.75 Å². The lowest BCUT2D eigenvalue weighted by Crippen LogP contribution is -2.41.